The van der Waals surface area contributed by atoms with Crippen molar-refractivity contribution in [2.75, 3.05) is 0 Å². The van der Waals surface area contributed by atoms with Crippen LogP contribution in [0, 0.1) is 17.2 Å². The molecule has 1 aliphatic rings. The lowest BCUT2D eigenvalue weighted by atomic mass is 9.86. The molecule has 0 amide bonds. The summed E-state index contributed by atoms with van der Waals surface area (Å²) in [5.41, 5.74) is 5.88. The summed E-state index contributed by atoms with van der Waals surface area (Å²) in [5, 5.41) is 8.87. The van der Waals surface area contributed by atoms with Crippen LogP contribution in [0.5, 0.6) is 0 Å². The molecule has 1 aliphatic carbocycles. The van der Waals surface area contributed by atoms with Crippen LogP contribution in [0.2, 0.25) is 0 Å². The molecular formula is C20H19N. The van der Waals surface area contributed by atoms with Crippen molar-refractivity contribution in [3.63, 3.8) is 0 Å². The predicted molar refractivity (Wildman–Crippen MR) is 87.7 cm³/mol. The van der Waals surface area contributed by atoms with Gasteiger partial charge in [-0.15, -0.1) is 0 Å². The van der Waals surface area contributed by atoms with Crippen molar-refractivity contribution >= 4 is 6.08 Å². The van der Waals surface area contributed by atoms with E-state index in [1.165, 1.54) is 35.1 Å². The second-order valence-electron chi connectivity index (χ2n) is 5.71. The molecule has 0 radical (unpaired) electrons. The fourth-order valence-electron chi connectivity index (χ4n) is 3.01. The molecule has 0 saturated carbocycles. The first-order valence-corrected chi connectivity index (χ1v) is 7.62. The van der Waals surface area contributed by atoms with E-state index in [2.05, 4.69) is 43.3 Å². The monoisotopic (exact) mass is 273 g/mol. The molecule has 2 aromatic rings. The van der Waals surface area contributed by atoms with Gasteiger partial charge in [-0.3, -0.25) is 0 Å². The summed E-state index contributed by atoms with van der Waals surface area (Å²) in [6, 6.07) is 16.7. The maximum atomic E-state index is 8.87. The molecule has 1 atom stereocenters. The maximum absolute atomic E-state index is 8.87. The summed E-state index contributed by atoms with van der Waals surface area (Å²) in [7, 11) is 0. The summed E-state index contributed by atoms with van der Waals surface area (Å²) < 4.78 is 0. The fourth-order valence-corrected chi connectivity index (χ4v) is 3.01. The third-order valence-electron chi connectivity index (χ3n) is 4.18. The smallest absolute Gasteiger partial charge is 0.0991 e. The SMILES string of the molecule is CCCC1C=Cc2cc(-c3ccc(C#N)cc3)ccc2C1. The van der Waals surface area contributed by atoms with Crippen molar-refractivity contribution in [3.8, 4) is 17.2 Å². The predicted octanol–water partition coefficient (Wildman–Crippen LogP) is 5.21. The summed E-state index contributed by atoms with van der Waals surface area (Å²) in [6.07, 6.45) is 8.30. The molecule has 0 fully saturated rings. The highest BCUT2D eigenvalue weighted by Gasteiger charge is 2.13. The van der Waals surface area contributed by atoms with E-state index in [1.54, 1.807) is 0 Å². The summed E-state index contributed by atoms with van der Waals surface area (Å²) >= 11 is 0. The lowest BCUT2D eigenvalue weighted by Crippen LogP contribution is -2.06. The van der Waals surface area contributed by atoms with Crippen LogP contribution < -0.4 is 0 Å². The number of allylic oxidation sites excluding steroid dienone is 1. The van der Waals surface area contributed by atoms with Crippen LogP contribution in [0.15, 0.2) is 48.5 Å². The number of nitriles is 1. The molecule has 0 heterocycles. The fraction of sp³-hybridized carbons (Fsp3) is 0.250. The van der Waals surface area contributed by atoms with Crippen LogP contribution in [0.4, 0.5) is 0 Å². The van der Waals surface area contributed by atoms with Crippen LogP contribution in [-0.4, -0.2) is 0 Å². The van der Waals surface area contributed by atoms with Gasteiger partial charge in [0.05, 0.1) is 11.6 Å². The molecule has 0 N–H and O–H groups in total. The Morgan fingerprint density at radius 1 is 1.10 bits per heavy atom. The van der Waals surface area contributed by atoms with E-state index in [9.17, 15) is 0 Å². The first kappa shape index (κ1) is 13.6. The van der Waals surface area contributed by atoms with Crippen LogP contribution >= 0.6 is 0 Å². The van der Waals surface area contributed by atoms with Crippen molar-refractivity contribution in [2.45, 2.75) is 26.2 Å². The van der Waals surface area contributed by atoms with E-state index < -0.39 is 0 Å². The minimum atomic E-state index is 0.697. The summed E-state index contributed by atoms with van der Waals surface area (Å²) in [6.45, 7) is 2.25. The Hall–Kier alpha value is -2.33. The topological polar surface area (TPSA) is 23.8 Å². The van der Waals surface area contributed by atoms with Crippen LogP contribution in [0.1, 0.15) is 36.5 Å². The molecule has 21 heavy (non-hydrogen) atoms. The van der Waals surface area contributed by atoms with Crippen LogP contribution in [0.25, 0.3) is 17.2 Å². The van der Waals surface area contributed by atoms with Gasteiger partial charge in [0.25, 0.3) is 0 Å². The minimum absolute atomic E-state index is 0.697. The Balaban J connectivity index is 1.89. The van der Waals surface area contributed by atoms with E-state index in [-0.39, 0.29) is 0 Å². The molecule has 1 heteroatoms. The summed E-state index contributed by atoms with van der Waals surface area (Å²) in [5.74, 6) is 0.697. The lowest BCUT2D eigenvalue weighted by Gasteiger charge is -2.19. The number of hydrogen-bond acceptors (Lipinski definition) is 1. The Morgan fingerprint density at radius 2 is 1.86 bits per heavy atom. The van der Waals surface area contributed by atoms with Gasteiger partial charge in [0.1, 0.15) is 0 Å². The van der Waals surface area contributed by atoms with Crippen molar-refractivity contribution in [1.29, 1.82) is 5.26 Å². The zero-order chi connectivity index (χ0) is 14.7. The quantitative estimate of drug-likeness (QED) is 0.753. The van der Waals surface area contributed by atoms with Crippen molar-refractivity contribution < 1.29 is 0 Å². The number of fused-ring (bicyclic) bond motifs is 1. The molecule has 2 aromatic carbocycles. The van der Waals surface area contributed by atoms with Gasteiger partial charge in [0.15, 0.2) is 0 Å². The average Bonchev–Trinajstić information content (AvgIpc) is 2.55. The number of nitrogens with zero attached hydrogens (tertiary/aromatic N) is 1. The van der Waals surface area contributed by atoms with E-state index in [4.69, 9.17) is 5.26 Å². The molecule has 1 unspecified atom stereocenters. The zero-order valence-electron chi connectivity index (χ0n) is 12.3. The van der Waals surface area contributed by atoms with Gasteiger partial charge in [0, 0.05) is 0 Å². The number of rotatable bonds is 3. The number of hydrogen-bond donors (Lipinski definition) is 0. The highest BCUT2D eigenvalue weighted by Crippen LogP contribution is 2.30. The normalized spacial score (nSPS) is 16.3. The molecule has 0 spiro atoms. The minimum Gasteiger partial charge on any atom is -0.192 e. The van der Waals surface area contributed by atoms with E-state index in [1.807, 2.05) is 24.3 Å². The van der Waals surface area contributed by atoms with E-state index >= 15 is 0 Å². The highest BCUT2D eigenvalue weighted by atomic mass is 14.2. The molecular weight excluding hydrogens is 254 g/mol. The Bertz CT molecular complexity index is 702. The van der Waals surface area contributed by atoms with Crippen molar-refractivity contribution in [2.24, 2.45) is 5.92 Å². The van der Waals surface area contributed by atoms with Crippen LogP contribution in [0.3, 0.4) is 0 Å². The zero-order valence-corrected chi connectivity index (χ0v) is 12.3. The second kappa shape index (κ2) is 5.97. The standard InChI is InChI=1S/C20H19N/c1-2-3-15-4-9-20-13-19(11-10-18(20)12-15)17-7-5-16(14-21)6-8-17/h4-11,13,15H,2-3,12H2,1H3. The van der Waals surface area contributed by atoms with Gasteiger partial charge >= 0.3 is 0 Å². The third-order valence-corrected chi connectivity index (χ3v) is 4.18. The van der Waals surface area contributed by atoms with Gasteiger partial charge in [0.2, 0.25) is 0 Å². The van der Waals surface area contributed by atoms with E-state index in [0.29, 0.717) is 11.5 Å². The highest BCUT2D eigenvalue weighted by molar-refractivity contribution is 5.70. The Kier molecular flexibility index (Phi) is 3.88. The molecule has 0 saturated heterocycles. The van der Waals surface area contributed by atoms with Gasteiger partial charge in [-0.05, 0) is 59.2 Å². The Morgan fingerprint density at radius 3 is 2.57 bits per heavy atom. The first-order chi connectivity index (χ1) is 10.3. The Labute approximate surface area is 126 Å². The van der Waals surface area contributed by atoms with Gasteiger partial charge in [-0.1, -0.05) is 49.8 Å². The summed E-state index contributed by atoms with van der Waals surface area (Å²) in [4.78, 5) is 0. The molecule has 0 aromatic heterocycles. The van der Waals surface area contributed by atoms with E-state index in [0.717, 1.165) is 6.42 Å². The van der Waals surface area contributed by atoms with Crippen molar-refractivity contribution in [1.82, 2.24) is 0 Å². The molecule has 0 aliphatic heterocycles. The lowest BCUT2D eigenvalue weighted by molar-refractivity contribution is 0.575. The second-order valence-corrected chi connectivity index (χ2v) is 5.71. The van der Waals surface area contributed by atoms with Crippen molar-refractivity contribution in [3.05, 3.63) is 65.2 Å². The third kappa shape index (κ3) is 2.90. The van der Waals surface area contributed by atoms with Gasteiger partial charge in [-0.2, -0.15) is 5.26 Å². The van der Waals surface area contributed by atoms with Gasteiger partial charge < -0.3 is 0 Å². The maximum Gasteiger partial charge on any atom is 0.0991 e. The average molecular weight is 273 g/mol. The van der Waals surface area contributed by atoms with Gasteiger partial charge in [-0.25, -0.2) is 0 Å². The first-order valence-electron chi connectivity index (χ1n) is 7.62. The molecule has 1 nitrogen and oxygen atoms in total. The number of benzene rings is 2. The molecule has 104 valence electrons. The largest absolute Gasteiger partial charge is 0.192 e. The molecule has 3 rings (SSSR count). The van der Waals surface area contributed by atoms with Crippen LogP contribution in [-0.2, 0) is 6.42 Å². The molecule has 0 bridgehead atoms.